The first-order valence-corrected chi connectivity index (χ1v) is 34.8. The van der Waals surface area contributed by atoms with E-state index in [9.17, 15) is 52.6 Å². The van der Waals surface area contributed by atoms with Crippen molar-refractivity contribution in [3.05, 3.63) is 130 Å². The number of carbonyl (C=O) groups excluding carboxylic acids is 2. The SMILES string of the molecule is C=C(CCNC(=O)CCOCCOCCOCCOCCNC(=O)c1ccc(C2=c3cc4c5c(c3Oc3c2cc2c6c3CCCN6CCC2)CCC[N+]=5CCC4)c(C(=O)O)c1)CO[C@@H]1C[C@H](n2cc(C)c(=O)[nH]c2=O)O[C@@H]1COP(=O)(O)OP(=O)(O)OP(=O)(O)O. The number of nitrogens with zero attached hydrogens (tertiary/aromatic N) is 3. The third-order valence-corrected chi connectivity index (χ3v) is 20.2. The number of aromatic amines is 1. The molecule has 3 aromatic carbocycles. The molecule has 8 N–H and O–H groups in total. The molecule has 0 bridgehead atoms. The van der Waals surface area contributed by atoms with E-state index in [1.807, 2.05) is 0 Å². The second-order valence-electron chi connectivity index (χ2n) is 22.8. The lowest BCUT2D eigenvalue weighted by atomic mass is 9.81. The van der Waals surface area contributed by atoms with Gasteiger partial charge < -0.3 is 73.4 Å². The molecule has 32 heteroatoms. The summed E-state index contributed by atoms with van der Waals surface area (Å²) in [5.74, 6) is -0.185. The maximum atomic E-state index is 13.5. The van der Waals surface area contributed by atoms with Crippen LogP contribution in [0.5, 0.6) is 11.5 Å². The molecule has 0 saturated carbocycles. The molecule has 7 heterocycles. The molecule has 29 nitrogen and oxygen atoms in total. The summed E-state index contributed by atoms with van der Waals surface area (Å²) in [6.07, 6.45) is 5.90. The zero-order valence-corrected chi connectivity index (χ0v) is 52.9. The first-order chi connectivity index (χ1) is 43.5. The van der Waals surface area contributed by atoms with E-state index >= 15 is 0 Å². The number of aryl methyl sites for hydroxylation is 3. The molecule has 0 radical (unpaired) electrons. The van der Waals surface area contributed by atoms with Crippen LogP contribution in [0.2, 0.25) is 0 Å². The molecule has 4 aromatic rings. The summed E-state index contributed by atoms with van der Waals surface area (Å²) in [4.78, 5) is 106. The molecule has 1 saturated heterocycles. The number of H-pyrrole nitrogens is 1. The smallest absolute Gasteiger partial charge is 0.478 e. The van der Waals surface area contributed by atoms with Gasteiger partial charge in [0.1, 0.15) is 36.9 Å². The lowest BCUT2D eigenvalue weighted by Gasteiger charge is -2.39. The first-order valence-electron chi connectivity index (χ1n) is 30.2. The molecule has 5 atom stereocenters. The number of hydrogen-bond donors (Lipinski definition) is 8. The van der Waals surface area contributed by atoms with Crippen LogP contribution in [0.25, 0.3) is 5.57 Å². The molecule has 0 spiro atoms. The van der Waals surface area contributed by atoms with Crippen molar-refractivity contribution in [3.63, 3.8) is 0 Å². The van der Waals surface area contributed by atoms with E-state index in [0.29, 0.717) is 11.1 Å². The van der Waals surface area contributed by atoms with Crippen molar-refractivity contribution in [2.45, 2.75) is 96.0 Å². The van der Waals surface area contributed by atoms with Crippen LogP contribution < -0.4 is 46.7 Å². The van der Waals surface area contributed by atoms with Crippen molar-refractivity contribution in [3.8, 4) is 11.5 Å². The van der Waals surface area contributed by atoms with Gasteiger partial charge >= 0.3 is 35.1 Å². The summed E-state index contributed by atoms with van der Waals surface area (Å²) in [5, 5.41) is 18.6. The molecule has 6 aliphatic rings. The number of aromatic carboxylic acids is 1. The molecular formula is C59H76N6O23P3+. The fourth-order valence-electron chi connectivity index (χ4n) is 12.4. The van der Waals surface area contributed by atoms with E-state index < -0.39 is 71.6 Å². The summed E-state index contributed by atoms with van der Waals surface area (Å²) >= 11 is 0. The van der Waals surface area contributed by atoms with Crippen LogP contribution in [-0.4, -0.2) is 170 Å². The van der Waals surface area contributed by atoms with Gasteiger partial charge in [-0.05, 0) is 87.3 Å². The quantitative estimate of drug-likeness (QED) is 0.0133. The Morgan fingerprint density at radius 2 is 1.45 bits per heavy atom. The zero-order valence-electron chi connectivity index (χ0n) is 50.3. The predicted octanol–water partition coefficient (Wildman–Crippen LogP) is 2.94. The maximum Gasteiger partial charge on any atom is 0.490 e. The number of ether oxygens (including phenoxy) is 7. The number of amides is 2. The highest BCUT2D eigenvalue weighted by Crippen LogP contribution is 2.66. The van der Waals surface area contributed by atoms with Crippen LogP contribution in [-0.2, 0) is 85.7 Å². The lowest BCUT2D eigenvalue weighted by molar-refractivity contribution is -0.122. The van der Waals surface area contributed by atoms with Crippen LogP contribution in [0, 0.1) is 6.92 Å². The second-order valence-corrected chi connectivity index (χ2v) is 27.2. The molecule has 2 amide bonds. The number of hydrogen-bond acceptors (Lipinski definition) is 19. The minimum atomic E-state index is -5.81. The summed E-state index contributed by atoms with van der Waals surface area (Å²) < 4.78 is 92.3. The number of phosphoric acid groups is 3. The minimum absolute atomic E-state index is 0.0441. The molecule has 6 aliphatic heterocycles. The van der Waals surface area contributed by atoms with E-state index in [1.165, 1.54) is 52.5 Å². The minimum Gasteiger partial charge on any atom is -0.478 e. The Balaban J connectivity index is 0.603. The van der Waals surface area contributed by atoms with Crippen molar-refractivity contribution in [2.75, 3.05) is 110 Å². The monoisotopic (exact) mass is 1330 g/mol. The molecule has 91 heavy (non-hydrogen) atoms. The third kappa shape index (κ3) is 17.0. The van der Waals surface area contributed by atoms with Gasteiger partial charge in [0.2, 0.25) is 11.3 Å². The number of anilines is 1. The van der Waals surface area contributed by atoms with Crippen LogP contribution in [0.3, 0.4) is 0 Å². The summed E-state index contributed by atoms with van der Waals surface area (Å²) in [6, 6.07) is 9.44. The van der Waals surface area contributed by atoms with Crippen LogP contribution in [0.15, 0.2) is 58.3 Å². The maximum absolute atomic E-state index is 13.5. The Morgan fingerprint density at radius 3 is 2.18 bits per heavy atom. The lowest BCUT2D eigenvalue weighted by Crippen LogP contribution is -2.45. The number of fused-ring (bicyclic) bond motifs is 4. The fourth-order valence-corrected chi connectivity index (χ4v) is 15.4. The zero-order chi connectivity index (χ0) is 64.6. The van der Waals surface area contributed by atoms with Crippen molar-refractivity contribution in [2.24, 2.45) is 0 Å². The highest BCUT2D eigenvalue weighted by Gasteiger charge is 2.44. The van der Waals surface area contributed by atoms with Gasteiger partial charge in [0, 0.05) is 102 Å². The third-order valence-electron chi connectivity index (χ3n) is 16.3. The Morgan fingerprint density at radius 1 is 0.769 bits per heavy atom. The number of rotatable bonds is 32. The number of nitrogens with one attached hydrogen (secondary N) is 3. The highest BCUT2D eigenvalue weighted by molar-refractivity contribution is 7.66. The number of phosphoric ester groups is 1. The van der Waals surface area contributed by atoms with E-state index in [1.54, 1.807) is 12.1 Å². The van der Waals surface area contributed by atoms with Crippen molar-refractivity contribution < 1.29 is 99.1 Å². The number of carboxylic acid groups (broad SMARTS) is 1. The summed E-state index contributed by atoms with van der Waals surface area (Å²) in [6.45, 7) is 10.7. The van der Waals surface area contributed by atoms with Gasteiger partial charge in [-0.3, -0.25) is 28.5 Å². The largest absolute Gasteiger partial charge is 0.490 e. The predicted molar refractivity (Wildman–Crippen MR) is 325 cm³/mol. The number of aromatic nitrogens is 2. The van der Waals surface area contributed by atoms with E-state index in [2.05, 4.69) is 52.4 Å². The average molecular weight is 1330 g/mol. The summed E-state index contributed by atoms with van der Waals surface area (Å²) in [7, 11) is -17.0. The van der Waals surface area contributed by atoms with E-state index in [-0.39, 0.29) is 114 Å². The summed E-state index contributed by atoms with van der Waals surface area (Å²) in [5.41, 5.74) is 7.98. The highest BCUT2D eigenvalue weighted by atomic mass is 31.3. The Bertz CT molecular complexity index is 3840. The van der Waals surface area contributed by atoms with Gasteiger partial charge in [-0.15, -0.1) is 0 Å². The van der Waals surface area contributed by atoms with Gasteiger partial charge in [-0.2, -0.15) is 8.62 Å². The van der Waals surface area contributed by atoms with Gasteiger partial charge in [-0.25, -0.2) is 27.9 Å². The van der Waals surface area contributed by atoms with Crippen molar-refractivity contribution in [1.29, 1.82) is 0 Å². The topological polar surface area (TPSA) is 381 Å². The van der Waals surface area contributed by atoms with Crippen molar-refractivity contribution in [1.82, 2.24) is 24.8 Å². The Labute approximate surface area is 522 Å². The Kier molecular flexibility index (Phi) is 22.3. The number of carboxylic acids is 1. The average Bonchev–Trinajstić information content (AvgIpc) is 1.21. The number of benzene rings is 3. The molecule has 2 unspecified atom stereocenters. The van der Waals surface area contributed by atoms with Crippen LogP contribution in [0.4, 0.5) is 5.69 Å². The van der Waals surface area contributed by atoms with E-state index in [0.717, 1.165) is 110 Å². The second kappa shape index (κ2) is 29.9. The molecule has 1 fully saturated rings. The fraction of sp³-hybridized carbons (Fsp3) is 0.525. The first kappa shape index (κ1) is 67.8. The van der Waals surface area contributed by atoms with Gasteiger partial charge in [0.05, 0.1) is 83.3 Å². The molecule has 0 aliphatic carbocycles. The molecule has 1 aromatic heterocycles. The normalized spacial score (nSPS) is 19.5. The van der Waals surface area contributed by atoms with Gasteiger partial charge in [0.15, 0.2) is 0 Å². The molecule has 494 valence electrons. The number of carbonyl (C=O) groups is 3. The van der Waals surface area contributed by atoms with E-state index in [4.69, 9.17) is 47.5 Å². The van der Waals surface area contributed by atoms with Gasteiger partial charge in [-0.1, -0.05) is 18.2 Å². The van der Waals surface area contributed by atoms with Gasteiger partial charge in [0.25, 0.3) is 11.5 Å². The van der Waals surface area contributed by atoms with Crippen molar-refractivity contribution >= 4 is 52.5 Å². The molecule has 10 rings (SSSR count). The Hall–Kier alpha value is -6.07. The van der Waals surface area contributed by atoms with Crippen LogP contribution >= 0.6 is 23.5 Å². The molecular weight excluding hydrogens is 1250 g/mol. The standard InChI is InChI=1S/C59H75N6O23P3/c1-36(34-83-47-32-50(65-33-37(2)56(67)62-59(65)71)85-48(47)35-84-90(75,76)88-91(77,78)87-89(72,73)74)13-15-60-49(66)14-21-79-23-25-81-27-28-82-26-24-80-22-16-61-57(68)40-11-12-41(44(31-40)58(69)70)51-45-29-38-7-3-17-63-19-5-9-42(52(38)63)54(45)86-55-43-10-6-20-64-18-4-8-39(53(43)64)30-46(51)55/h11-12,29-31,33,47-48,50H,1,3-10,13-28,32,34-35H2,2H3,(H7-,60,61,62,66,67,68,69,70,71,72,73,74,75,76,77,78)/p+1/t47-,48-,50-/m1/s1. The van der Waals surface area contributed by atoms with Crippen LogP contribution in [0.1, 0.15) is 111 Å².